The topological polar surface area (TPSA) is 49.4 Å². The van der Waals surface area contributed by atoms with Crippen molar-refractivity contribution in [2.24, 2.45) is 20.0 Å². The quantitative estimate of drug-likeness (QED) is 0.509. The highest BCUT2D eigenvalue weighted by molar-refractivity contribution is 7.99. The predicted octanol–water partition coefficient (Wildman–Crippen LogP) is 2.78. The summed E-state index contributed by atoms with van der Waals surface area (Å²) in [5.41, 5.74) is 0. The molecule has 0 saturated carbocycles. The van der Waals surface area contributed by atoms with Crippen molar-refractivity contribution in [1.29, 1.82) is 0 Å². The van der Waals surface area contributed by atoms with Crippen molar-refractivity contribution in [1.82, 2.24) is 0 Å². The van der Waals surface area contributed by atoms with Gasteiger partial charge in [-0.05, 0) is 48.9 Å². The Morgan fingerprint density at radius 3 is 1.24 bits per heavy atom. The first-order valence-corrected chi connectivity index (χ1v) is 6.93. The zero-order valence-electron chi connectivity index (χ0n) is 8.40. The molecule has 0 saturated heterocycles. The molecule has 88 valence electrons. The summed E-state index contributed by atoms with van der Waals surface area (Å²) in [4.78, 5) is 15.3. The van der Waals surface area contributed by atoms with Crippen LogP contribution in [0.2, 0.25) is 0 Å². The third-order valence-corrected chi connectivity index (χ3v) is 2.83. The summed E-state index contributed by atoms with van der Waals surface area (Å²) >= 11 is 19.5. The van der Waals surface area contributed by atoms with E-state index in [1.54, 1.807) is 0 Å². The van der Waals surface area contributed by atoms with Gasteiger partial charge in [0.15, 0.2) is 12.3 Å². The molecule has 0 unspecified atom stereocenters. The van der Waals surface area contributed by atoms with Gasteiger partial charge in [-0.25, -0.2) is 20.0 Å². The standard InChI is InChI=1S/C8H6N4S5/c13-3-9-7(10-4-14)1-17-2-8(11-5-15)12-6-16/h7-8H,1-2H2. The van der Waals surface area contributed by atoms with E-state index in [1.165, 1.54) is 11.8 Å². The number of thioether (sulfide) groups is 1. The second-order valence-corrected chi connectivity index (χ2v) is 4.19. The summed E-state index contributed by atoms with van der Waals surface area (Å²) in [5, 5.41) is 9.00. The second kappa shape index (κ2) is 12.0. The number of isothiocyanates is 4. The van der Waals surface area contributed by atoms with Crippen LogP contribution in [0.5, 0.6) is 0 Å². The maximum Gasteiger partial charge on any atom is 0.168 e. The fourth-order valence-corrected chi connectivity index (χ4v) is 2.07. The highest BCUT2D eigenvalue weighted by atomic mass is 32.2. The Balaban J connectivity index is 4.25. The number of rotatable bonds is 8. The SMILES string of the molecule is S=C=NC(CSCC(N=C=S)N=C=S)N=C=S. The summed E-state index contributed by atoms with van der Waals surface area (Å²) in [6.45, 7) is 0. The van der Waals surface area contributed by atoms with Gasteiger partial charge in [-0.3, -0.25) is 0 Å². The molecule has 0 aliphatic rings. The largest absolute Gasteiger partial charge is 0.204 e. The summed E-state index contributed by atoms with van der Waals surface area (Å²) < 4.78 is 0. The van der Waals surface area contributed by atoms with E-state index >= 15 is 0 Å². The monoisotopic (exact) mass is 318 g/mol. The maximum absolute atomic E-state index is 4.50. The molecule has 0 radical (unpaired) electrons. The molecule has 17 heavy (non-hydrogen) atoms. The maximum atomic E-state index is 4.50. The lowest BCUT2D eigenvalue weighted by Crippen LogP contribution is -2.09. The summed E-state index contributed by atoms with van der Waals surface area (Å²) in [7, 11) is 0. The fraction of sp³-hybridized carbons (Fsp3) is 0.500. The zero-order chi connectivity index (χ0) is 12.9. The van der Waals surface area contributed by atoms with Crippen LogP contribution in [0.1, 0.15) is 0 Å². The van der Waals surface area contributed by atoms with Gasteiger partial charge in [-0.1, -0.05) is 0 Å². The predicted molar refractivity (Wildman–Crippen MR) is 85.0 cm³/mol. The molecule has 0 aromatic carbocycles. The van der Waals surface area contributed by atoms with Crippen LogP contribution in [-0.2, 0) is 0 Å². The van der Waals surface area contributed by atoms with Crippen LogP contribution in [0.25, 0.3) is 0 Å². The first kappa shape index (κ1) is 16.6. The first-order valence-electron chi connectivity index (χ1n) is 4.14. The first-order chi connectivity index (χ1) is 8.28. The smallest absolute Gasteiger partial charge is 0.168 e. The fourth-order valence-electron chi connectivity index (χ4n) is 0.729. The highest BCUT2D eigenvalue weighted by Gasteiger charge is 2.07. The van der Waals surface area contributed by atoms with E-state index in [9.17, 15) is 0 Å². The van der Waals surface area contributed by atoms with E-state index < -0.39 is 0 Å². The van der Waals surface area contributed by atoms with Gasteiger partial charge < -0.3 is 0 Å². The molecule has 0 aromatic heterocycles. The molecule has 0 aromatic rings. The van der Waals surface area contributed by atoms with E-state index in [0.717, 1.165) is 0 Å². The Labute approximate surface area is 124 Å². The molecule has 9 heteroatoms. The molecule has 0 fully saturated rings. The van der Waals surface area contributed by atoms with Crippen LogP contribution in [0, 0.1) is 0 Å². The van der Waals surface area contributed by atoms with Gasteiger partial charge in [-0.2, -0.15) is 11.8 Å². The van der Waals surface area contributed by atoms with E-state index in [1.807, 2.05) is 0 Å². The van der Waals surface area contributed by atoms with Crippen molar-refractivity contribution in [3.63, 3.8) is 0 Å². The second-order valence-electron chi connectivity index (χ2n) is 2.38. The molecule has 0 rings (SSSR count). The number of hydrogen-bond donors (Lipinski definition) is 0. The third-order valence-electron chi connectivity index (χ3n) is 1.34. The zero-order valence-corrected chi connectivity index (χ0v) is 12.5. The van der Waals surface area contributed by atoms with Crippen molar-refractivity contribution in [3.8, 4) is 0 Å². The van der Waals surface area contributed by atoms with Gasteiger partial charge in [-0.15, -0.1) is 0 Å². The lowest BCUT2D eigenvalue weighted by molar-refractivity contribution is 0.802. The van der Waals surface area contributed by atoms with E-state index in [0.29, 0.717) is 11.5 Å². The molecule has 0 N–H and O–H groups in total. The van der Waals surface area contributed by atoms with Gasteiger partial charge in [0.1, 0.15) is 0 Å². The van der Waals surface area contributed by atoms with Crippen LogP contribution >= 0.6 is 60.6 Å². The summed E-state index contributed by atoms with van der Waals surface area (Å²) in [5.74, 6) is 1.15. The van der Waals surface area contributed by atoms with Gasteiger partial charge >= 0.3 is 0 Å². The summed E-state index contributed by atoms with van der Waals surface area (Å²) in [6.07, 6.45) is -0.743. The number of aliphatic imine (C=N–C) groups is 4. The Morgan fingerprint density at radius 1 is 0.706 bits per heavy atom. The normalized spacial score (nSPS) is 11.8. The molecule has 0 aliphatic carbocycles. The van der Waals surface area contributed by atoms with Crippen molar-refractivity contribution >= 4 is 81.3 Å². The molecule has 4 nitrogen and oxygen atoms in total. The van der Waals surface area contributed by atoms with Gasteiger partial charge in [0, 0.05) is 11.5 Å². The molecular formula is C8H6N4S5. The van der Waals surface area contributed by atoms with Gasteiger partial charge in [0.2, 0.25) is 0 Å². The Kier molecular flexibility index (Phi) is 11.7. The van der Waals surface area contributed by atoms with Gasteiger partial charge in [0.05, 0.1) is 20.6 Å². The molecule has 0 aliphatic heterocycles. The minimum atomic E-state index is -0.372. The van der Waals surface area contributed by atoms with Crippen LogP contribution in [0.15, 0.2) is 20.0 Å². The van der Waals surface area contributed by atoms with Crippen LogP contribution < -0.4 is 0 Å². The lowest BCUT2D eigenvalue weighted by atomic mass is 10.6. The van der Waals surface area contributed by atoms with Crippen LogP contribution in [-0.4, -0.2) is 44.5 Å². The van der Waals surface area contributed by atoms with Gasteiger partial charge in [0.25, 0.3) is 0 Å². The molecule has 0 spiro atoms. The molecule has 0 atom stereocenters. The molecule has 0 heterocycles. The third kappa shape index (κ3) is 9.27. The molecule has 0 bridgehead atoms. The van der Waals surface area contributed by atoms with Crippen LogP contribution in [0.3, 0.4) is 0 Å². The Hall–Kier alpha value is -0.450. The van der Waals surface area contributed by atoms with Crippen molar-refractivity contribution in [3.05, 3.63) is 0 Å². The molecule has 0 amide bonds. The summed E-state index contributed by atoms with van der Waals surface area (Å²) in [6, 6.07) is 0. The Morgan fingerprint density at radius 2 is 1.00 bits per heavy atom. The highest BCUT2D eigenvalue weighted by Crippen LogP contribution is 2.10. The number of thiocarbonyl (C=S) groups is 4. The average molecular weight is 318 g/mol. The molecular weight excluding hydrogens is 312 g/mol. The number of nitrogens with zero attached hydrogens (tertiary/aromatic N) is 4. The van der Waals surface area contributed by atoms with Crippen molar-refractivity contribution in [2.75, 3.05) is 11.5 Å². The lowest BCUT2D eigenvalue weighted by Gasteiger charge is -2.05. The van der Waals surface area contributed by atoms with Crippen molar-refractivity contribution < 1.29 is 0 Å². The van der Waals surface area contributed by atoms with Crippen molar-refractivity contribution in [2.45, 2.75) is 12.3 Å². The average Bonchev–Trinajstić information content (AvgIpc) is 2.30. The van der Waals surface area contributed by atoms with E-state index in [4.69, 9.17) is 0 Å². The Bertz CT molecular complexity index is 349. The van der Waals surface area contributed by atoms with E-state index in [-0.39, 0.29) is 12.3 Å². The minimum Gasteiger partial charge on any atom is -0.204 e. The van der Waals surface area contributed by atoms with Crippen LogP contribution in [0.4, 0.5) is 0 Å². The van der Waals surface area contributed by atoms with E-state index in [2.05, 4.69) is 89.5 Å². The number of hydrogen-bond acceptors (Lipinski definition) is 9. The minimum absolute atomic E-state index is 0.372.